The summed E-state index contributed by atoms with van der Waals surface area (Å²) in [6.07, 6.45) is 15.1. The summed E-state index contributed by atoms with van der Waals surface area (Å²) in [5.41, 5.74) is 2.97. The van der Waals surface area contributed by atoms with Crippen molar-refractivity contribution < 1.29 is 10.0 Å². The van der Waals surface area contributed by atoms with Gasteiger partial charge in [-0.05, 0) is 78.0 Å². The Balaban J connectivity index is 1.45. The summed E-state index contributed by atoms with van der Waals surface area (Å²) in [5.74, 6) is 1.82. The van der Waals surface area contributed by atoms with Crippen LogP contribution in [0.15, 0.2) is 30.2 Å². The van der Waals surface area contributed by atoms with E-state index in [0.717, 1.165) is 38.5 Å². The van der Waals surface area contributed by atoms with Gasteiger partial charge in [0.05, 0.1) is 6.10 Å². The van der Waals surface area contributed by atoms with Crippen molar-refractivity contribution in [1.29, 1.82) is 0 Å². The molecule has 6 nitrogen and oxygen atoms in total. The van der Waals surface area contributed by atoms with Gasteiger partial charge < -0.3 is 15.2 Å². The van der Waals surface area contributed by atoms with Gasteiger partial charge in [0.25, 0.3) is 0 Å². The summed E-state index contributed by atoms with van der Waals surface area (Å²) in [6.45, 7) is 4.79. The van der Waals surface area contributed by atoms with Crippen LogP contribution in [0.4, 0.5) is 5.82 Å². The molecule has 1 heterocycles. The van der Waals surface area contributed by atoms with Crippen molar-refractivity contribution in [3.63, 3.8) is 0 Å². The number of hydrogen-bond acceptors (Lipinski definition) is 4. The van der Waals surface area contributed by atoms with Gasteiger partial charge in [-0.3, -0.25) is 4.57 Å². The lowest BCUT2D eigenvalue weighted by Gasteiger charge is -2.57. The molecule has 6 atom stereocenters. The molecular weight excluding hydrogens is 354 g/mol. The summed E-state index contributed by atoms with van der Waals surface area (Å²) >= 11 is 0. The topological polar surface area (TPSA) is 81.2 Å². The van der Waals surface area contributed by atoms with Crippen molar-refractivity contribution in [2.75, 3.05) is 0 Å². The number of rotatable bonds is 2. The third kappa shape index (κ3) is 2.39. The SMILES string of the molecule is C[C@]12CC[C@H](O)CC1=CCC1C2CC[C@]2(C)C(n3cnc([N+](=O)[O-])c3)=CCC12. The zero-order valence-electron chi connectivity index (χ0n) is 16.7. The molecule has 2 saturated carbocycles. The van der Waals surface area contributed by atoms with Gasteiger partial charge in [0.15, 0.2) is 0 Å². The molecule has 4 aliphatic rings. The molecule has 4 aliphatic carbocycles. The highest BCUT2D eigenvalue weighted by Gasteiger charge is 2.57. The zero-order chi connectivity index (χ0) is 19.7. The van der Waals surface area contributed by atoms with Crippen LogP contribution in [0.1, 0.15) is 58.8 Å². The molecule has 0 spiro atoms. The first-order valence-electron chi connectivity index (χ1n) is 10.6. The molecule has 0 amide bonds. The number of aromatic nitrogens is 2. The Bertz CT molecular complexity index is 887. The van der Waals surface area contributed by atoms with E-state index >= 15 is 0 Å². The fourth-order valence-electron chi connectivity index (χ4n) is 7.13. The minimum Gasteiger partial charge on any atom is -0.393 e. The predicted octanol–water partition coefficient (Wildman–Crippen LogP) is 4.57. The van der Waals surface area contributed by atoms with Crippen LogP contribution in [-0.2, 0) is 0 Å². The third-order valence-corrected chi connectivity index (χ3v) is 8.65. The fourth-order valence-corrected chi connectivity index (χ4v) is 7.13. The Kier molecular flexibility index (Phi) is 3.89. The first kappa shape index (κ1) is 18.1. The number of nitro groups is 1. The van der Waals surface area contributed by atoms with E-state index in [1.807, 2.05) is 4.57 Å². The number of nitrogens with zero attached hydrogens (tertiary/aromatic N) is 3. The van der Waals surface area contributed by atoms with Gasteiger partial charge in [-0.1, -0.05) is 31.6 Å². The summed E-state index contributed by atoms with van der Waals surface area (Å²) < 4.78 is 1.89. The second-order valence-electron chi connectivity index (χ2n) is 9.83. The smallest absolute Gasteiger partial charge is 0.381 e. The largest absolute Gasteiger partial charge is 0.393 e. The van der Waals surface area contributed by atoms with Crippen LogP contribution in [-0.4, -0.2) is 25.7 Å². The predicted molar refractivity (Wildman–Crippen MR) is 106 cm³/mol. The molecule has 0 aliphatic heterocycles. The molecule has 0 saturated heterocycles. The van der Waals surface area contributed by atoms with Crippen molar-refractivity contribution in [1.82, 2.24) is 9.55 Å². The normalized spacial score (nSPS) is 42.1. The number of fused-ring (bicyclic) bond motifs is 5. The van der Waals surface area contributed by atoms with E-state index < -0.39 is 4.92 Å². The van der Waals surface area contributed by atoms with Crippen LogP contribution < -0.4 is 0 Å². The van der Waals surface area contributed by atoms with Gasteiger partial charge in [0.2, 0.25) is 6.33 Å². The molecule has 3 unspecified atom stereocenters. The molecule has 0 aromatic carbocycles. The first-order chi connectivity index (χ1) is 13.3. The number of aliphatic hydroxyl groups excluding tert-OH is 1. The molecule has 6 heteroatoms. The monoisotopic (exact) mass is 383 g/mol. The van der Waals surface area contributed by atoms with E-state index in [9.17, 15) is 15.2 Å². The lowest BCUT2D eigenvalue weighted by atomic mass is 9.48. The van der Waals surface area contributed by atoms with Crippen LogP contribution in [0.5, 0.6) is 0 Å². The summed E-state index contributed by atoms with van der Waals surface area (Å²) in [4.78, 5) is 14.6. The third-order valence-electron chi connectivity index (χ3n) is 8.65. The van der Waals surface area contributed by atoms with Crippen molar-refractivity contribution in [3.05, 3.63) is 40.4 Å². The number of aliphatic hydroxyl groups is 1. The highest BCUT2D eigenvalue weighted by atomic mass is 16.6. The van der Waals surface area contributed by atoms with E-state index in [0.29, 0.717) is 17.8 Å². The molecular formula is C22H29N3O3. The standard InChI is InChI=1S/C22H29N3O3/c1-21-9-7-15(26)11-14(21)3-4-16-17-5-6-19(22(17,2)10-8-18(16)21)24-12-20(23-13-24)25(27)28/h3,6,12-13,15-18,26H,4-5,7-11H2,1-2H3/t15-,16?,17?,18?,21-,22-/m0/s1. The number of hydrogen-bond donors (Lipinski definition) is 1. The average Bonchev–Trinajstić information content (AvgIpc) is 3.26. The maximum Gasteiger partial charge on any atom is 0.381 e. The first-order valence-corrected chi connectivity index (χ1v) is 10.6. The Morgan fingerprint density at radius 1 is 1.18 bits per heavy atom. The molecule has 28 heavy (non-hydrogen) atoms. The second-order valence-corrected chi connectivity index (χ2v) is 9.83. The van der Waals surface area contributed by atoms with Crippen LogP contribution in [0.25, 0.3) is 5.70 Å². The molecule has 1 aromatic heterocycles. The number of imidazole rings is 1. The Labute approximate surface area is 165 Å². The highest BCUT2D eigenvalue weighted by molar-refractivity contribution is 5.57. The quantitative estimate of drug-likeness (QED) is 0.461. The van der Waals surface area contributed by atoms with Crippen molar-refractivity contribution in [2.45, 2.75) is 64.9 Å². The van der Waals surface area contributed by atoms with Gasteiger partial charge in [-0.2, -0.15) is 0 Å². The van der Waals surface area contributed by atoms with Crippen LogP contribution >= 0.6 is 0 Å². The highest BCUT2D eigenvalue weighted by Crippen LogP contribution is 2.65. The number of allylic oxidation sites excluding steroid dienone is 3. The molecule has 5 rings (SSSR count). The summed E-state index contributed by atoms with van der Waals surface area (Å²) in [6, 6.07) is 0. The van der Waals surface area contributed by atoms with Crippen molar-refractivity contribution in [3.8, 4) is 0 Å². The van der Waals surface area contributed by atoms with Gasteiger partial charge in [0.1, 0.15) is 6.20 Å². The van der Waals surface area contributed by atoms with Gasteiger partial charge >= 0.3 is 5.82 Å². The van der Waals surface area contributed by atoms with E-state index in [1.54, 1.807) is 12.5 Å². The maximum absolute atomic E-state index is 11.1. The Morgan fingerprint density at radius 3 is 2.71 bits per heavy atom. The average molecular weight is 383 g/mol. The van der Waals surface area contributed by atoms with Gasteiger partial charge in [-0.15, -0.1) is 0 Å². The molecule has 2 fully saturated rings. The lowest BCUT2D eigenvalue weighted by molar-refractivity contribution is -0.389. The summed E-state index contributed by atoms with van der Waals surface area (Å²) in [7, 11) is 0. The molecule has 1 aromatic rings. The van der Waals surface area contributed by atoms with Gasteiger partial charge in [0, 0.05) is 11.1 Å². The molecule has 150 valence electrons. The van der Waals surface area contributed by atoms with Crippen molar-refractivity contribution in [2.24, 2.45) is 28.6 Å². The van der Waals surface area contributed by atoms with Crippen LogP contribution in [0, 0.1) is 38.7 Å². The zero-order valence-corrected chi connectivity index (χ0v) is 16.7. The van der Waals surface area contributed by atoms with E-state index in [-0.39, 0.29) is 22.8 Å². The van der Waals surface area contributed by atoms with Gasteiger partial charge in [-0.25, -0.2) is 0 Å². The Morgan fingerprint density at radius 2 is 1.96 bits per heavy atom. The van der Waals surface area contributed by atoms with E-state index in [4.69, 9.17) is 0 Å². The summed E-state index contributed by atoms with van der Waals surface area (Å²) in [5, 5.41) is 21.2. The van der Waals surface area contributed by atoms with E-state index in [1.165, 1.54) is 17.7 Å². The minimum absolute atomic E-state index is 0.0472. The van der Waals surface area contributed by atoms with Crippen LogP contribution in [0.2, 0.25) is 0 Å². The minimum atomic E-state index is -0.422. The second kappa shape index (κ2) is 6.02. The molecule has 0 bridgehead atoms. The fraction of sp³-hybridized carbons (Fsp3) is 0.682. The van der Waals surface area contributed by atoms with E-state index in [2.05, 4.69) is 31.0 Å². The lowest BCUT2D eigenvalue weighted by Crippen LogP contribution is -2.50. The molecule has 1 N–H and O–H groups in total. The van der Waals surface area contributed by atoms with Crippen molar-refractivity contribution >= 4 is 11.5 Å². The maximum atomic E-state index is 11.1. The Hall–Kier alpha value is -1.95. The van der Waals surface area contributed by atoms with Crippen LogP contribution in [0.3, 0.4) is 0 Å². The molecule has 0 radical (unpaired) electrons.